The molecule has 4 rings (SSSR count). The number of carbonyl (C=O) groups excluding carboxylic acids is 1. The number of phenols is 1. The molecule has 170 valence electrons. The normalized spacial score (nSPS) is 14.7. The largest absolute Gasteiger partial charge is 0.508 e. The van der Waals surface area contributed by atoms with Gasteiger partial charge >= 0.3 is 5.69 Å². The van der Waals surface area contributed by atoms with Gasteiger partial charge in [0.2, 0.25) is 0 Å². The van der Waals surface area contributed by atoms with E-state index in [0.29, 0.717) is 30.0 Å². The fourth-order valence-corrected chi connectivity index (χ4v) is 4.00. The molecule has 9 nitrogen and oxygen atoms in total. The number of aromatic nitrogens is 2. The molecule has 1 aliphatic heterocycles. The number of hydrogen-bond acceptors (Lipinski definition) is 6. The lowest BCUT2D eigenvalue weighted by Gasteiger charge is -2.29. The summed E-state index contributed by atoms with van der Waals surface area (Å²) in [5, 5.41) is 26.7. The van der Waals surface area contributed by atoms with Crippen molar-refractivity contribution in [2.45, 2.75) is 38.5 Å². The average molecular weight is 441 g/mol. The Morgan fingerprint density at radius 2 is 1.94 bits per heavy atom. The summed E-state index contributed by atoms with van der Waals surface area (Å²) in [5.74, 6) is -0.0264. The lowest BCUT2D eigenvalue weighted by atomic mass is 9.99. The summed E-state index contributed by atoms with van der Waals surface area (Å²) in [4.78, 5) is 24.2. The third-order valence-corrected chi connectivity index (χ3v) is 5.87. The van der Waals surface area contributed by atoms with Gasteiger partial charge in [0.1, 0.15) is 11.5 Å². The van der Waals surface area contributed by atoms with Gasteiger partial charge in [0.25, 0.3) is 5.91 Å². The van der Waals surface area contributed by atoms with Gasteiger partial charge in [-0.3, -0.25) is 13.9 Å². The van der Waals surface area contributed by atoms with Crippen molar-refractivity contribution < 1.29 is 19.7 Å². The summed E-state index contributed by atoms with van der Waals surface area (Å²) in [6.45, 7) is 4.59. The first-order valence-corrected chi connectivity index (χ1v) is 10.5. The number of aliphatic hydroxyl groups is 1. The molecule has 1 atom stereocenters. The monoisotopic (exact) mass is 440 g/mol. The van der Waals surface area contributed by atoms with Crippen LogP contribution in [0.2, 0.25) is 0 Å². The molecule has 3 aromatic rings. The maximum Gasteiger partial charge on any atom is 0.328 e. The Bertz CT molecular complexity index is 1230. The lowest BCUT2D eigenvalue weighted by Crippen LogP contribution is -2.43. The molecule has 0 saturated carbocycles. The summed E-state index contributed by atoms with van der Waals surface area (Å²) in [5.41, 5.74) is 2.07. The van der Waals surface area contributed by atoms with E-state index in [9.17, 15) is 19.8 Å². The number of aromatic hydroxyl groups is 1. The van der Waals surface area contributed by atoms with Gasteiger partial charge in [-0.15, -0.1) is 0 Å². The van der Waals surface area contributed by atoms with Gasteiger partial charge in [-0.25, -0.2) is 4.79 Å². The molecule has 9 heteroatoms. The first-order chi connectivity index (χ1) is 15.2. The molecule has 0 spiro atoms. The van der Waals surface area contributed by atoms with Crippen molar-refractivity contribution in [3.05, 3.63) is 52.4 Å². The number of nitrogens with zero attached hydrogens (tertiary/aromatic N) is 2. The lowest BCUT2D eigenvalue weighted by molar-refractivity contribution is -0.118. The number of imidazole rings is 1. The van der Waals surface area contributed by atoms with Crippen LogP contribution in [0, 0.1) is 0 Å². The quantitative estimate of drug-likeness (QED) is 0.446. The predicted molar refractivity (Wildman–Crippen MR) is 121 cm³/mol. The number of phenolic OH excluding ortho intramolecular Hbond substituents is 1. The fourth-order valence-electron chi connectivity index (χ4n) is 4.00. The number of β-amino-alcohol motifs (C(OH)–C–C–N with tert-alkyl or cyclic N) is 1. The van der Waals surface area contributed by atoms with Crippen molar-refractivity contribution in [3.8, 4) is 11.5 Å². The number of para-hydroxylation sites is 2. The second kappa shape index (κ2) is 8.33. The number of benzene rings is 2. The van der Waals surface area contributed by atoms with Gasteiger partial charge in [-0.1, -0.05) is 12.1 Å². The smallest absolute Gasteiger partial charge is 0.328 e. The molecule has 2 heterocycles. The van der Waals surface area contributed by atoms with Crippen LogP contribution in [0.3, 0.4) is 0 Å². The van der Waals surface area contributed by atoms with Crippen LogP contribution in [0.5, 0.6) is 11.5 Å². The van der Waals surface area contributed by atoms with Crippen LogP contribution in [0.15, 0.2) is 41.2 Å². The number of aryl methyl sites for hydroxylation is 2. The maximum atomic E-state index is 12.6. The van der Waals surface area contributed by atoms with Crippen LogP contribution in [-0.4, -0.2) is 43.9 Å². The van der Waals surface area contributed by atoms with Gasteiger partial charge < -0.3 is 25.6 Å². The van der Waals surface area contributed by atoms with E-state index < -0.39 is 6.10 Å². The highest BCUT2D eigenvalue weighted by molar-refractivity contribution is 5.96. The highest BCUT2D eigenvalue weighted by atomic mass is 16.5. The third-order valence-electron chi connectivity index (χ3n) is 5.87. The van der Waals surface area contributed by atoms with E-state index in [1.807, 2.05) is 38.1 Å². The number of ether oxygens (including phenoxy) is 1. The second-order valence-electron chi connectivity index (χ2n) is 8.76. The molecule has 1 amide bonds. The van der Waals surface area contributed by atoms with Crippen molar-refractivity contribution in [2.24, 2.45) is 7.05 Å². The van der Waals surface area contributed by atoms with Crippen LogP contribution in [0.1, 0.15) is 31.9 Å². The van der Waals surface area contributed by atoms with Gasteiger partial charge in [0, 0.05) is 37.3 Å². The van der Waals surface area contributed by atoms with Crippen molar-refractivity contribution in [2.75, 3.05) is 18.5 Å². The standard InChI is InChI=1S/C23H28N4O5/c1-23(2,8-9-27-18-7-5-4-6-17(18)26(3)22(27)31)24-12-19(29)15-10-14(28)11-16-21(15)32-13-20(30)25-16/h4-7,10-11,19,24,28-29H,8-9,12-13H2,1-3H3,(H,25,30)/t19-/m0/s1. The zero-order valence-electron chi connectivity index (χ0n) is 18.4. The SMILES string of the molecule is Cn1c(=O)n(CCC(C)(C)NC[C@H](O)c2cc(O)cc3c2OCC(=O)N3)c2ccccc21. The molecule has 4 N–H and O–H groups in total. The van der Waals surface area contributed by atoms with E-state index >= 15 is 0 Å². The molecule has 1 aliphatic rings. The Balaban J connectivity index is 1.45. The topological polar surface area (TPSA) is 118 Å². The van der Waals surface area contributed by atoms with Crippen LogP contribution in [0.4, 0.5) is 5.69 Å². The third kappa shape index (κ3) is 4.21. The minimum Gasteiger partial charge on any atom is -0.508 e. The summed E-state index contributed by atoms with van der Waals surface area (Å²) in [7, 11) is 1.77. The number of hydrogen-bond donors (Lipinski definition) is 4. The summed E-state index contributed by atoms with van der Waals surface area (Å²) < 4.78 is 8.89. The molecule has 0 bridgehead atoms. The number of amides is 1. The predicted octanol–water partition coefficient (Wildman–Crippen LogP) is 1.87. The molecule has 0 unspecified atom stereocenters. The molecular weight excluding hydrogens is 412 g/mol. The number of anilines is 1. The Kier molecular flexibility index (Phi) is 5.70. The van der Waals surface area contributed by atoms with Gasteiger partial charge in [0.15, 0.2) is 6.61 Å². The number of aliphatic hydroxyl groups excluding tert-OH is 1. The maximum absolute atomic E-state index is 12.6. The van der Waals surface area contributed by atoms with E-state index in [-0.39, 0.29) is 36.0 Å². The van der Waals surface area contributed by atoms with Gasteiger partial charge in [-0.2, -0.15) is 0 Å². The first kappa shape index (κ1) is 21.9. The Morgan fingerprint density at radius 3 is 2.69 bits per heavy atom. The minimum atomic E-state index is -0.967. The molecule has 0 saturated heterocycles. The minimum absolute atomic E-state index is 0.0624. The molecule has 0 radical (unpaired) electrons. The van der Waals surface area contributed by atoms with E-state index in [1.165, 1.54) is 12.1 Å². The summed E-state index contributed by atoms with van der Waals surface area (Å²) in [6.07, 6.45) is -0.316. The van der Waals surface area contributed by atoms with E-state index in [4.69, 9.17) is 4.74 Å². The first-order valence-electron chi connectivity index (χ1n) is 10.5. The molecule has 0 aliphatic carbocycles. The second-order valence-corrected chi connectivity index (χ2v) is 8.76. The highest BCUT2D eigenvalue weighted by Crippen LogP contribution is 2.38. The Morgan fingerprint density at radius 1 is 1.22 bits per heavy atom. The molecule has 32 heavy (non-hydrogen) atoms. The Hall–Kier alpha value is -3.30. The van der Waals surface area contributed by atoms with Crippen molar-refractivity contribution in [1.82, 2.24) is 14.5 Å². The summed E-state index contributed by atoms with van der Waals surface area (Å²) in [6, 6.07) is 10.5. The van der Waals surface area contributed by atoms with Gasteiger partial charge in [-0.05, 0) is 38.5 Å². The van der Waals surface area contributed by atoms with Crippen molar-refractivity contribution in [3.63, 3.8) is 0 Å². The van der Waals surface area contributed by atoms with Crippen molar-refractivity contribution in [1.29, 1.82) is 0 Å². The molecular formula is C23H28N4O5. The average Bonchev–Trinajstić information content (AvgIpc) is 3.00. The van der Waals surface area contributed by atoms with Crippen LogP contribution in [0.25, 0.3) is 11.0 Å². The molecule has 0 fully saturated rings. The Labute approximate surface area is 185 Å². The van der Waals surface area contributed by atoms with Gasteiger partial charge in [0.05, 0.1) is 22.8 Å². The molecule has 1 aromatic heterocycles. The highest BCUT2D eigenvalue weighted by Gasteiger charge is 2.26. The summed E-state index contributed by atoms with van der Waals surface area (Å²) >= 11 is 0. The van der Waals surface area contributed by atoms with E-state index in [0.717, 1.165) is 11.0 Å². The van der Waals surface area contributed by atoms with Crippen LogP contribution in [-0.2, 0) is 18.4 Å². The zero-order valence-corrected chi connectivity index (χ0v) is 18.4. The van der Waals surface area contributed by atoms with Crippen molar-refractivity contribution >= 4 is 22.6 Å². The number of rotatable bonds is 7. The van der Waals surface area contributed by atoms with Crippen LogP contribution < -0.4 is 21.1 Å². The molecule has 2 aromatic carbocycles. The zero-order chi connectivity index (χ0) is 23.0. The van der Waals surface area contributed by atoms with Crippen LogP contribution >= 0.6 is 0 Å². The number of fused-ring (bicyclic) bond motifs is 2. The van der Waals surface area contributed by atoms with E-state index in [2.05, 4.69) is 10.6 Å². The number of carbonyl (C=O) groups is 1. The van der Waals surface area contributed by atoms with E-state index in [1.54, 1.807) is 16.2 Å². The number of nitrogens with one attached hydrogen (secondary N) is 2. The fraction of sp³-hybridized carbons (Fsp3) is 0.391.